The average molecular weight is 555 g/mol. The van der Waals surface area contributed by atoms with Gasteiger partial charge in [0.15, 0.2) is 17.3 Å². The molecule has 1 heterocycles. The third-order valence-electron chi connectivity index (χ3n) is 8.06. The summed E-state index contributed by atoms with van der Waals surface area (Å²) >= 11 is 0. The van der Waals surface area contributed by atoms with Crippen LogP contribution >= 0.6 is 0 Å². The molecule has 1 amide bonds. The van der Waals surface area contributed by atoms with E-state index < -0.39 is 6.04 Å². The number of carbonyl (C=O) groups is 2. The Morgan fingerprint density at radius 2 is 1.68 bits per heavy atom. The van der Waals surface area contributed by atoms with Crippen molar-refractivity contribution in [2.75, 3.05) is 24.4 Å². The molecule has 3 aromatic rings. The van der Waals surface area contributed by atoms with Gasteiger partial charge in [0.25, 0.3) is 0 Å². The van der Waals surface area contributed by atoms with Gasteiger partial charge < -0.3 is 19.5 Å². The Kier molecular flexibility index (Phi) is 8.34. The molecule has 2 aliphatic rings. The quantitative estimate of drug-likeness (QED) is 0.318. The summed E-state index contributed by atoms with van der Waals surface area (Å²) in [5, 5.41) is 3.59. The molecule has 0 fully saturated rings. The molecule has 0 saturated carbocycles. The second-order valence-electron chi connectivity index (χ2n) is 10.6. The van der Waals surface area contributed by atoms with Crippen LogP contribution in [0.3, 0.4) is 0 Å². The van der Waals surface area contributed by atoms with Crippen LogP contribution in [-0.2, 0) is 9.59 Å². The number of amides is 1. The van der Waals surface area contributed by atoms with Gasteiger partial charge >= 0.3 is 0 Å². The summed E-state index contributed by atoms with van der Waals surface area (Å²) in [4.78, 5) is 29.8. The van der Waals surface area contributed by atoms with E-state index in [9.17, 15) is 9.59 Å². The zero-order chi connectivity index (χ0) is 29.1. The zero-order valence-electron chi connectivity index (χ0n) is 24.4. The highest BCUT2D eigenvalue weighted by atomic mass is 16.5. The van der Waals surface area contributed by atoms with Crippen LogP contribution < -0.4 is 24.4 Å². The molecule has 0 unspecified atom stereocenters. The van der Waals surface area contributed by atoms with Crippen LogP contribution in [0.1, 0.15) is 69.5 Å². The van der Waals surface area contributed by atoms with E-state index >= 15 is 0 Å². The fourth-order valence-electron chi connectivity index (χ4n) is 5.79. The molecule has 214 valence electrons. The summed E-state index contributed by atoms with van der Waals surface area (Å²) < 4.78 is 17.4. The lowest BCUT2D eigenvalue weighted by molar-refractivity contribution is -0.119. The molecule has 0 saturated heterocycles. The van der Waals surface area contributed by atoms with Gasteiger partial charge in [0.05, 0.1) is 37.7 Å². The molecule has 0 radical (unpaired) electrons. The van der Waals surface area contributed by atoms with Crippen LogP contribution in [0.5, 0.6) is 17.2 Å². The summed E-state index contributed by atoms with van der Waals surface area (Å²) in [5.74, 6) is 1.83. The van der Waals surface area contributed by atoms with E-state index in [0.29, 0.717) is 42.1 Å². The fraction of sp³-hybridized carbons (Fsp3) is 0.353. The average Bonchev–Trinajstić information content (AvgIpc) is 3.15. The predicted molar refractivity (Wildman–Crippen MR) is 161 cm³/mol. The molecule has 5 rings (SSSR count). The Morgan fingerprint density at radius 3 is 2.41 bits per heavy atom. The van der Waals surface area contributed by atoms with E-state index in [2.05, 4.69) is 12.2 Å². The number of allylic oxidation sites excluding steroid dienone is 1. The number of hydrogen-bond acceptors (Lipinski definition) is 6. The summed E-state index contributed by atoms with van der Waals surface area (Å²) in [7, 11) is 3.22. The summed E-state index contributed by atoms with van der Waals surface area (Å²) in [6.45, 7) is 5.96. The number of nitrogens with one attached hydrogen (secondary N) is 1. The van der Waals surface area contributed by atoms with Gasteiger partial charge in [0.1, 0.15) is 5.75 Å². The van der Waals surface area contributed by atoms with Crippen LogP contribution in [0.15, 0.2) is 78.0 Å². The first-order valence-corrected chi connectivity index (χ1v) is 14.3. The van der Waals surface area contributed by atoms with Crippen molar-refractivity contribution in [2.45, 2.75) is 64.5 Å². The minimum absolute atomic E-state index is 0.00332. The first kappa shape index (κ1) is 28.3. The molecule has 1 aliphatic heterocycles. The fourth-order valence-corrected chi connectivity index (χ4v) is 5.79. The van der Waals surface area contributed by atoms with Crippen molar-refractivity contribution in [3.8, 4) is 17.2 Å². The standard InChI is InChI=1S/C34H38N2O5/c1-6-21(3)41-29-15-11-8-12-24(29)34-33-26(35-25-13-9-10-14-27(25)36(34)32(38)7-2)18-23(19-28(33)37)22-16-17-30(39-4)31(20-22)40-5/h8-17,20-21,23,34-35H,6-7,18-19H2,1-5H3/t21-,23-,34+/m1/s1. The maximum absolute atomic E-state index is 14.3. The van der Waals surface area contributed by atoms with Crippen molar-refractivity contribution in [3.05, 3.63) is 89.1 Å². The predicted octanol–water partition coefficient (Wildman–Crippen LogP) is 7.19. The molecule has 0 bridgehead atoms. The molecule has 0 aromatic heterocycles. The lowest BCUT2D eigenvalue weighted by atomic mass is 9.78. The minimum atomic E-state index is -0.632. The monoisotopic (exact) mass is 554 g/mol. The Morgan fingerprint density at radius 1 is 0.951 bits per heavy atom. The molecule has 7 nitrogen and oxygen atoms in total. The number of anilines is 2. The van der Waals surface area contributed by atoms with Gasteiger partial charge in [-0.2, -0.15) is 0 Å². The van der Waals surface area contributed by atoms with E-state index in [1.165, 1.54) is 0 Å². The summed E-state index contributed by atoms with van der Waals surface area (Å²) in [6.07, 6.45) is 2.02. The number of hydrogen-bond donors (Lipinski definition) is 1. The first-order valence-electron chi connectivity index (χ1n) is 14.3. The van der Waals surface area contributed by atoms with Crippen molar-refractivity contribution in [2.24, 2.45) is 0 Å². The van der Waals surface area contributed by atoms with E-state index in [1.54, 1.807) is 19.1 Å². The van der Waals surface area contributed by atoms with Gasteiger partial charge in [0, 0.05) is 29.7 Å². The largest absolute Gasteiger partial charge is 0.493 e. The Bertz CT molecular complexity index is 1480. The molecule has 1 aliphatic carbocycles. The second kappa shape index (κ2) is 12.1. The molecule has 3 atom stereocenters. The number of carbonyl (C=O) groups excluding carboxylic acids is 2. The lowest BCUT2D eigenvalue weighted by Crippen LogP contribution is -2.38. The molecule has 1 N–H and O–H groups in total. The Labute approximate surface area is 242 Å². The van der Waals surface area contributed by atoms with Crippen molar-refractivity contribution < 1.29 is 23.8 Å². The molecule has 0 spiro atoms. The SMILES string of the molecule is CCC(=O)N1c2ccccc2NC2=C(C(=O)C[C@H](c3ccc(OC)c(OC)c3)C2)[C@@H]1c1ccccc1O[C@H](C)CC. The maximum Gasteiger partial charge on any atom is 0.227 e. The number of Topliss-reactive ketones (excluding diaryl/α,β-unsaturated/α-hetero) is 1. The maximum atomic E-state index is 14.3. The minimum Gasteiger partial charge on any atom is -0.493 e. The molecule has 7 heteroatoms. The van der Waals surface area contributed by atoms with Gasteiger partial charge in [-0.25, -0.2) is 0 Å². The highest BCUT2D eigenvalue weighted by Gasteiger charge is 2.42. The topological polar surface area (TPSA) is 77.1 Å². The number of nitrogens with zero attached hydrogens (tertiary/aromatic N) is 1. The number of methoxy groups -OCH3 is 2. The van der Waals surface area contributed by atoms with E-state index in [0.717, 1.165) is 34.6 Å². The number of para-hydroxylation sites is 3. The van der Waals surface area contributed by atoms with E-state index in [-0.39, 0.29) is 23.7 Å². The van der Waals surface area contributed by atoms with Crippen LogP contribution in [0.4, 0.5) is 11.4 Å². The van der Waals surface area contributed by atoms with Crippen LogP contribution in [0, 0.1) is 0 Å². The van der Waals surface area contributed by atoms with Crippen LogP contribution in [0.25, 0.3) is 0 Å². The molecular formula is C34H38N2O5. The van der Waals surface area contributed by atoms with E-state index in [1.807, 2.05) is 80.6 Å². The van der Waals surface area contributed by atoms with Crippen LogP contribution in [0.2, 0.25) is 0 Å². The summed E-state index contributed by atoms with van der Waals surface area (Å²) in [5.41, 5.74) is 4.78. The first-order chi connectivity index (χ1) is 19.9. The van der Waals surface area contributed by atoms with Crippen molar-refractivity contribution in [3.63, 3.8) is 0 Å². The second-order valence-corrected chi connectivity index (χ2v) is 10.6. The molecular weight excluding hydrogens is 516 g/mol. The van der Waals surface area contributed by atoms with Crippen LogP contribution in [-0.4, -0.2) is 32.0 Å². The number of fused-ring (bicyclic) bond motifs is 1. The van der Waals surface area contributed by atoms with Crippen molar-refractivity contribution in [1.29, 1.82) is 0 Å². The van der Waals surface area contributed by atoms with Gasteiger partial charge in [-0.3, -0.25) is 14.5 Å². The number of ether oxygens (including phenoxy) is 3. The highest BCUT2D eigenvalue weighted by Crippen LogP contribution is 2.49. The number of ketones is 1. The van der Waals surface area contributed by atoms with E-state index in [4.69, 9.17) is 14.2 Å². The Hall–Kier alpha value is -4.26. The molecule has 3 aromatic carbocycles. The zero-order valence-corrected chi connectivity index (χ0v) is 24.4. The van der Waals surface area contributed by atoms with Gasteiger partial charge in [-0.1, -0.05) is 50.2 Å². The smallest absolute Gasteiger partial charge is 0.227 e. The van der Waals surface area contributed by atoms with Crippen molar-refractivity contribution >= 4 is 23.1 Å². The third-order valence-corrected chi connectivity index (χ3v) is 8.06. The Balaban J connectivity index is 1.69. The summed E-state index contributed by atoms with van der Waals surface area (Å²) in [6, 6.07) is 20.7. The van der Waals surface area contributed by atoms with Crippen molar-refractivity contribution in [1.82, 2.24) is 0 Å². The van der Waals surface area contributed by atoms with Gasteiger partial charge in [-0.15, -0.1) is 0 Å². The number of rotatable bonds is 8. The molecule has 41 heavy (non-hydrogen) atoms. The normalized spacial score (nSPS) is 19.0. The lowest BCUT2D eigenvalue weighted by Gasteiger charge is -2.36. The highest BCUT2D eigenvalue weighted by molar-refractivity contribution is 6.06. The number of benzene rings is 3. The third kappa shape index (κ3) is 5.41. The van der Waals surface area contributed by atoms with Gasteiger partial charge in [-0.05, 0) is 61.6 Å². The van der Waals surface area contributed by atoms with Gasteiger partial charge in [0.2, 0.25) is 5.91 Å².